The van der Waals surface area contributed by atoms with Crippen molar-refractivity contribution in [3.8, 4) is 0 Å². The second kappa shape index (κ2) is 8.81. The van der Waals surface area contributed by atoms with Gasteiger partial charge in [0.15, 0.2) is 0 Å². The molecule has 0 unspecified atom stereocenters. The van der Waals surface area contributed by atoms with E-state index in [-0.39, 0.29) is 16.9 Å². The summed E-state index contributed by atoms with van der Waals surface area (Å²) in [7, 11) is 0. The number of carbonyl (C=O) groups is 5. The first kappa shape index (κ1) is 24.6. The number of carboxylic acid groups (broad SMARTS) is 1. The van der Waals surface area contributed by atoms with E-state index in [2.05, 4.69) is 0 Å². The van der Waals surface area contributed by atoms with Crippen LogP contribution in [0, 0.1) is 0 Å². The minimum atomic E-state index is -1.31. The summed E-state index contributed by atoms with van der Waals surface area (Å²) < 4.78 is 10.7. The lowest BCUT2D eigenvalue weighted by molar-refractivity contribution is -0.153. The maximum Gasteiger partial charge on any atom is 0.415 e. The minimum absolute atomic E-state index is 0.0792. The van der Waals surface area contributed by atoms with Crippen LogP contribution in [0.2, 0.25) is 0 Å². The maximum absolute atomic E-state index is 13.0. The standard InChI is InChI=1S/C22H26N2O8/c1-21(2,3)31-18(27)12-23(20(30)32-22(4,5)6)15-11-13(19(28)29)7-8-14(15)24-16(25)9-10-17(24)26/h7-11H,12H2,1-6H3,(H,28,29). The van der Waals surface area contributed by atoms with Crippen molar-refractivity contribution in [1.82, 2.24) is 0 Å². The van der Waals surface area contributed by atoms with Crippen molar-refractivity contribution < 1.29 is 38.6 Å². The number of nitrogens with zero attached hydrogens (tertiary/aromatic N) is 2. The van der Waals surface area contributed by atoms with Crippen LogP contribution < -0.4 is 9.80 Å². The van der Waals surface area contributed by atoms with E-state index >= 15 is 0 Å². The normalized spacial score (nSPS) is 13.9. The Labute approximate surface area is 185 Å². The summed E-state index contributed by atoms with van der Waals surface area (Å²) in [5.41, 5.74) is -2.28. The Morgan fingerprint density at radius 1 is 0.938 bits per heavy atom. The molecule has 3 amide bonds. The van der Waals surface area contributed by atoms with Crippen LogP contribution >= 0.6 is 0 Å². The highest BCUT2D eigenvalue weighted by atomic mass is 16.6. The number of amides is 3. The van der Waals surface area contributed by atoms with E-state index in [9.17, 15) is 29.1 Å². The van der Waals surface area contributed by atoms with Gasteiger partial charge >= 0.3 is 18.0 Å². The van der Waals surface area contributed by atoms with Crippen LogP contribution in [0.3, 0.4) is 0 Å². The highest BCUT2D eigenvalue weighted by Crippen LogP contribution is 2.34. The largest absolute Gasteiger partial charge is 0.478 e. The molecule has 1 aliphatic rings. The monoisotopic (exact) mass is 446 g/mol. The topological polar surface area (TPSA) is 131 Å². The van der Waals surface area contributed by atoms with E-state index in [4.69, 9.17) is 9.47 Å². The Morgan fingerprint density at radius 2 is 1.47 bits per heavy atom. The van der Waals surface area contributed by atoms with Gasteiger partial charge in [0.05, 0.1) is 16.9 Å². The van der Waals surface area contributed by atoms with Gasteiger partial charge in [-0.2, -0.15) is 0 Å². The summed E-state index contributed by atoms with van der Waals surface area (Å²) in [6, 6.07) is 3.49. The van der Waals surface area contributed by atoms with Crippen molar-refractivity contribution in [3.63, 3.8) is 0 Å². The average molecular weight is 446 g/mol. The van der Waals surface area contributed by atoms with Crippen molar-refractivity contribution in [2.45, 2.75) is 52.7 Å². The van der Waals surface area contributed by atoms with Gasteiger partial charge in [-0.15, -0.1) is 0 Å². The fourth-order valence-corrected chi connectivity index (χ4v) is 2.77. The van der Waals surface area contributed by atoms with Crippen molar-refractivity contribution in [2.75, 3.05) is 16.3 Å². The zero-order chi connectivity index (χ0) is 24.4. The fraction of sp³-hybridized carbons (Fsp3) is 0.409. The van der Waals surface area contributed by atoms with E-state index in [0.717, 1.165) is 28.0 Å². The van der Waals surface area contributed by atoms with Crippen molar-refractivity contribution in [3.05, 3.63) is 35.9 Å². The SMILES string of the molecule is CC(C)(C)OC(=O)CN(C(=O)OC(C)(C)C)c1cc(C(=O)O)ccc1N1C(=O)C=CC1=O. The maximum atomic E-state index is 13.0. The molecule has 0 radical (unpaired) electrons. The third-order valence-electron chi connectivity index (χ3n) is 3.88. The lowest BCUT2D eigenvalue weighted by Crippen LogP contribution is -2.43. The van der Waals surface area contributed by atoms with Gasteiger partial charge in [-0.25, -0.2) is 14.5 Å². The van der Waals surface area contributed by atoms with Crippen molar-refractivity contribution in [2.24, 2.45) is 0 Å². The third-order valence-corrected chi connectivity index (χ3v) is 3.88. The molecule has 1 aromatic rings. The Balaban J connectivity index is 2.63. The number of esters is 1. The molecule has 0 saturated carbocycles. The molecule has 10 heteroatoms. The fourth-order valence-electron chi connectivity index (χ4n) is 2.77. The van der Waals surface area contributed by atoms with Crippen LogP contribution in [0.25, 0.3) is 0 Å². The number of imide groups is 1. The summed E-state index contributed by atoms with van der Waals surface area (Å²) in [5, 5.41) is 9.42. The van der Waals surface area contributed by atoms with E-state index in [0.29, 0.717) is 0 Å². The van der Waals surface area contributed by atoms with E-state index in [1.54, 1.807) is 41.5 Å². The molecule has 0 bridgehead atoms. The number of rotatable bonds is 5. The molecule has 172 valence electrons. The molecule has 0 spiro atoms. The summed E-state index contributed by atoms with van der Waals surface area (Å²) in [5.74, 6) is -3.47. The number of hydrogen-bond donors (Lipinski definition) is 1. The second-order valence-corrected chi connectivity index (χ2v) is 9.01. The molecule has 1 heterocycles. The second-order valence-electron chi connectivity index (χ2n) is 9.01. The van der Waals surface area contributed by atoms with Gasteiger partial charge in [-0.1, -0.05) is 0 Å². The quantitative estimate of drug-likeness (QED) is 0.540. The predicted molar refractivity (Wildman–Crippen MR) is 114 cm³/mol. The molecule has 2 rings (SSSR count). The van der Waals surface area contributed by atoms with E-state index in [1.165, 1.54) is 12.1 Å². The third kappa shape index (κ3) is 6.16. The van der Waals surface area contributed by atoms with Gasteiger partial charge in [0.1, 0.15) is 17.7 Å². The summed E-state index contributed by atoms with van der Waals surface area (Å²) >= 11 is 0. The summed E-state index contributed by atoms with van der Waals surface area (Å²) in [6.07, 6.45) is 1.10. The molecule has 10 nitrogen and oxygen atoms in total. The van der Waals surface area contributed by atoms with Gasteiger partial charge < -0.3 is 14.6 Å². The van der Waals surface area contributed by atoms with Crippen LogP contribution in [-0.2, 0) is 23.9 Å². The number of hydrogen-bond acceptors (Lipinski definition) is 7. The molecule has 0 saturated heterocycles. The minimum Gasteiger partial charge on any atom is -0.478 e. The Bertz CT molecular complexity index is 980. The highest BCUT2D eigenvalue weighted by molar-refractivity contribution is 6.29. The first-order chi connectivity index (χ1) is 14.6. The molecule has 32 heavy (non-hydrogen) atoms. The molecule has 1 N–H and O–H groups in total. The summed E-state index contributed by atoms with van der Waals surface area (Å²) in [6.45, 7) is 9.13. The van der Waals surface area contributed by atoms with Crippen LogP contribution in [-0.4, -0.2) is 52.7 Å². The number of aromatic carboxylic acids is 1. The van der Waals surface area contributed by atoms with E-state index < -0.39 is 47.6 Å². The van der Waals surface area contributed by atoms with Crippen LogP contribution in [0.4, 0.5) is 16.2 Å². The molecular formula is C22H26N2O8. The van der Waals surface area contributed by atoms with Crippen molar-refractivity contribution in [1.29, 1.82) is 0 Å². The molecular weight excluding hydrogens is 420 g/mol. The molecule has 0 aliphatic carbocycles. The number of anilines is 2. The van der Waals surface area contributed by atoms with Crippen LogP contribution in [0.1, 0.15) is 51.9 Å². The van der Waals surface area contributed by atoms with Gasteiger partial charge in [-0.05, 0) is 59.7 Å². The zero-order valence-electron chi connectivity index (χ0n) is 18.8. The van der Waals surface area contributed by atoms with Gasteiger partial charge in [0.25, 0.3) is 11.8 Å². The van der Waals surface area contributed by atoms with Gasteiger partial charge in [0.2, 0.25) is 0 Å². The average Bonchev–Trinajstić information content (AvgIpc) is 2.94. The Morgan fingerprint density at radius 3 is 1.94 bits per heavy atom. The molecule has 0 aromatic heterocycles. The first-order valence-electron chi connectivity index (χ1n) is 9.75. The Hall–Kier alpha value is -3.69. The molecule has 1 aromatic carbocycles. The zero-order valence-corrected chi connectivity index (χ0v) is 18.8. The van der Waals surface area contributed by atoms with Gasteiger partial charge in [-0.3, -0.25) is 19.3 Å². The first-order valence-corrected chi connectivity index (χ1v) is 9.75. The smallest absolute Gasteiger partial charge is 0.415 e. The van der Waals surface area contributed by atoms with Crippen molar-refractivity contribution >= 4 is 41.2 Å². The molecule has 1 aliphatic heterocycles. The van der Waals surface area contributed by atoms with Crippen LogP contribution in [0.15, 0.2) is 30.4 Å². The van der Waals surface area contributed by atoms with Crippen LogP contribution in [0.5, 0.6) is 0 Å². The lowest BCUT2D eigenvalue weighted by atomic mass is 10.1. The van der Waals surface area contributed by atoms with Gasteiger partial charge in [0, 0.05) is 12.2 Å². The number of carboxylic acids is 1. The highest BCUT2D eigenvalue weighted by Gasteiger charge is 2.34. The lowest BCUT2D eigenvalue weighted by Gasteiger charge is -2.30. The number of carbonyl (C=O) groups excluding carboxylic acids is 4. The number of benzene rings is 1. The van der Waals surface area contributed by atoms with E-state index in [1.807, 2.05) is 0 Å². The molecule has 0 atom stereocenters. The predicted octanol–water partition coefficient (Wildman–Crippen LogP) is 2.90. The number of ether oxygens (including phenoxy) is 2. The Kier molecular flexibility index (Phi) is 6.77. The summed E-state index contributed by atoms with van der Waals surface area (Å²) in [4.78, 5) is 63.3. The molecule has 0 fully saturated rings.